The van der Waals surface area contributed by atoms with Crippen molar-refractivity contribution in [3.05, 3.63) is 72.4 Å². The van der Waals surface area contributed by atoms with Gasteiger partial charge in [0.15, 0.2) is 5.76 Å². The summed E-state index contributed by atoms with van der Waals surface area (Å²) in [7, 11) is 0. The lowest BCUT2D eigenvalue weighted by Crippen LogP contribution is -2.32. The third kappa shape index (κ3) is 3.30. The molecule has 1 aliphatic heterocycles. The van der Waals surface area contributed by atoms with Gasteiger partial charge in [-0.25, -0.2) is 4.68 Å². The summed E-state index contributed by atoms with van der Waals surface area (Å²) in [6.45, 7) is 3.00. The predicted octanol–water partition coefficient (Wildman–Crippen LogP) is 3.95. The number of ether oxygens (including phenoxy) is 1. The topological polar surface area (TPSA) is 55.8 Å². The molecule has 3 heterocycles. The molecule has 0 atom stereocenters. The van der Waals surface area contributed by atoms with E-state index in [1.807, 2.05) is 82.8 Å². The molecule has 0 amide bonds. The monoisotopic (exact) mass is 372 g/mol. The first kappa shape index (κ1) is 16.8. The molecule has 1 saturated heterocycles. The van der Waals surface area contributed by atoms with Gasteiger partial charge in [-0.2, -0.15) is 10.2 Å². The number of rotatable bonds is 4. The van der Waals surface area contributed by atoms with E-state index in [9.17, 15) is 0 Å². The first-order valence-electron chi connectivity index (χ1n) is 9.37. The highest BCUT2D eigenvalue weighted by Gasteiger charge is 2.16. The summed E-state index contributed by atoms with van der Waals surface area (Å²) in [4.78, 5) is 0. The molecule has 5 rings (SSSR count). The molecule has 0 bridgehead atoms. The number of morpholine rings is 1. The van der Waals surface area contributed by atoms with Crippen LogP contribution in [0.2, 0.25) is 0 Å². The van der Waals surface area contributed by atoms with Gasteiger partial charge in [0.05, 0.1) is 38.2 Å². The van der Waals surface area contributed by atoms with Crippen molar-refractivity contribution >= 4 is 17.2 Å². The molecule has 28 heavy (non-hydrogen) atoms. The van der Waals surface area contributed by atoms with Gasteiger partial charge in [0.25, 0.3) is 0 Å². The number of fused-ring (bicyclic) bond motifs is 1. The van der Waals surface area contributed by atoms with Gasteiger partial charge in [0.2, 0.25) is 0 Å². The predicted molar refractivity (Wildman–Crippen MR) is 109 cm³/mol. The van der Waals surface area contributed by atoms with Crippen molar-refractivity contribution in [2.45, 2.75) is 0 Å². The second-order valence-corrected chi connectivity index (χ2v) is 6.67. The summed E-state index contributed by atoms with van der Waals surface area (Å²) in [6.07, 6.45) is 3.85. The smallest absolute Gasteiger partial charge is 0.156 e. The zero-order chi connectivity index (χ0) is 18.8. The molecule has 1 aliphatic rings. The van der Waals surface area contributed by atoms with Gasteiger partial charge in [-0.15, -0.1) is 0 Å². The van der Waals surface area contributed by atoms with Crippen LogP contribution in [0.5, 0.6) is 0 Å². The van der Waals surface area contributed by atoms with Gasteiger partial charge in [-0.05, 0) is 24.3 Å². The maximum absolute atomic E-state index is 6.06. The lowest BCUT2D eigenvalue weighted by atomic mass is 10.2. The maximum atomic E-state index is 6.06. The van der Waals surface area contributed by atoms with Crippen LogP contribution in [0.25, 0.3) is 28.1 Å². The molecule has 140 valence electrons. The van der Waals surface area contributed by atoms with E-state index in [1.54, 1.807) is 0 Å². The lowest BCUT2D eigenvalue weighted by molar-refractivity contribution is 0.0397. The van der Waals surface area contributed by atoms with E-state index >= 15 is 0 Å². The number of hydrogen-bond donors (Lipinski definition) is 0. The van der Waals surface area contributed by atoms with Crippen LogP contribution in [-0.4, -0.2) is 47.3 Å². The molecule has 1 fully saturated rings. The maximum Gasteiger partial charge on any atom is 0.156 e. The Morgan fingerprint density at radius 3 is 2.57 bits per heavy atom. The van der Waals surface area contributed by atoms with Crippen LogP contribution in [0.4, 0.5) is 0 Å². The van der Waals surface area contributed by atoms with E-state index in [2.05, 4.69) is 5.10 Å². The van der Waals surface area contributed by atoms with Gasteiger partial charge in [-0.3, -0.25) is 5.01 Å². The Morgan fingerprint density at radius 2 is 1.75 bits per heavy atom. The zero-order valence-electron chi connectivity index (χ0n) is 15.4. The summed E-state index contributed by atoms with van der Waals surface area (Å²) in [5.41, 5.74) is 3.53. The highest BCUT2D eigenvalue weighted by atomic mass is 16.5. The number of furan rings is 1. The Morgan fingerprint density at radius 1 is 0.964 bits per heavy atom. The Hall–Kier alpha value is -3.38. The Kier molecular flexibility index (Phi) is 4.39. The van der Waals surface area contributed by atoms with E-state index in [0.717, 1.165) is 46.8 Å². The first-order chi connectivity index (χ1) is 13.9. The fraction of sp³-hybridized carbons (Fsp3) is 0.182. The number of nitrogens with zero attached hydrogens (tertiary/aromatic N) is 4. The number of benzene rings is 2. The molecular weight excluding hydrogens is 352 g/mol. The van der Waals surface area contributed by atoms with Crippen LogP contribution in [-0.2, 0) is 4.74 Å². The molecule has 2 aromatic carbocycles. The van der Waals surface area contributed by atoms with E-state index in [4.69, 9.17) is 14.3 Å². The summed E-state index contributed by atoms with van der Waals surface area (Å²) >= 11 is 0. The summed E-state index contributed by atoms with van der Waals surface area (Å²) in [6, 6.07) is 20.1. The molecule has 0 spiro atoms. The fourth-order valence-electron chi connectivity index (χ4n) is 3.30. The average molecular weight is 372 g/mol. The molecule has 6 heteroatoms. The molecule has 2 aromatic heterocycles. The normalized spacial score (nSPS) is 14.9. The molecule has 0 radical (unpaired) electrons. The summed E-state index contributed by atoms with van der Waals surface area (Å²) in [5, 5.41) is 12.5. The van der Waals surface area contributed by atoms with Gasteiger partial charge < -0.3 is 9.15 Å². The highest BCUT2D eigenvalue weighted by Crippen LogP contribution is 2.29. The van der Waals surface area contributed by atoms with Crippen LogP contribution >= 0.6 is 0 Å². The largest absolute Gasteiger partial charge is 0.454 e. The zero-order valence-corrected chi connectivity index (χ0v) is 15.4. The molecule has 4 aromatic rings. The minimum Gasteiger partial charge on any atom is -0.454 e. The van der Waals surface area contributed by atoms with Crippen LogP contribution < -0.4 is 0 Å². The van der Waals surface area contributed by atoms with Crippen LogP contribution in [0.15, 0.2) is 76.4 Å². The van der Waals surface area contributed by atoms with E-state index in [0.29, 0.717) is 13.2 Å². The number of hydrogen-bond acceptors (Lipinski definition) is 5. The minimum absolute atomic E-state index is 0.705. The Labute approximate surface area is 162 Å². The minimum atomic E-state index is 0.705. The Bertz CT molecular complexity index is 1070. The fourth-order valence-corrected chi connectivity index (χ4v) is 3.30. The van der Waals surface area contributed by atoms with Crippen molar-refractivity contribution < 1.29 is 9.15 Å². The van der Waals surface area contributed by atoms with Gasteiger partial charge in [0.1, 0.15) is 11.3 Å². The molecular formula is C22H20N4O2. The first-order valence-corrected chi connectivity index (χ1v) is 9.37. The lowest BCUT2D eigenvalue weighted by Gasteiger charge is -2.23. The van der Waals surface area contributed by atoms with Crippen molar-refractivity contribution in [3.8, 4) is 17.1 Å². The summed E-state index contributed by atoms with van der Waals surface area (Å²) < 4.78 is 13.3. The number of hydrazone groups is 1. The quantitative estimate of drug-likeness (QED) is 0.509. The van der Waals surface area contributed by atoms with E-state index < -0.39 is 0 Å². The second-order valence-electron chi connectivity index (χ2n) is 6.67. The molecule has 0 unspecified atom stereocenters. The molecule has 6 nitrogen and oxygen atoms in total. The molecule has 0 aliphatic carbocycles. The van der Waals surface area contributed by atoms with Gasteiger partial charge in [-0.1, -0.05) is 36.4 Å². The van der Waals surface area contributed by atoms with Crippen molar-refractivity contribution in [3.63, 3.8) is 0 Å². The Balaban J connectivity index is 1.57. The van der Waals surface area contributed by atoms with Crippen molar-refractivity contribution in [1.82, 2.24) is 14.8 Å². The van der Waals surface area contributed by atoms with Crippen molar-refractivity contribution in [2.75, 3.05) is 26.3 Å². The van der Waals surface area contributed by atoms with Gasteiger partial charge >= 0.3 is 0 Å². The standard InChI is InChI=1S/C22H20N4O2/c1-2-7-19(8-3-1)26-16-18(15-23-25-10-12-27-13-11-25)22(24-26)21-14-17-6-4-5-9-20(17)28-21/h1-9,14-16H,10-13H2/b23-15-. The average Bonchev–Trinajstić information content (AvgIpc) is 3.38. The molecule has 0 saturated carbocycles. The van der Waals surface area contributed by atoms with E-state index in [-0.39, 0.29) is 0 Å². The highest BCUT2D eigenvalue weighted by molar-refractivity contribution is 5.90. The van der Waals surface area contributed by atoms with Crippen molar-refractivity contribution in [1.29, 1.82) is 0 Å². The van der Waals surface area contributed by atoms with Crippen LogP contribution in [0, 0.1) is 0 Å². The van der Waals surface area contributed by atoms with Crippen molar-refractivity contribution in [2.24, 2.45) is 5.10 Å². The van der Waals surface area contributed by atoms with Crippen LogP contribution in [0.1, 0.15) is 5.56 Å². The SMILES string of the molecule is C(=N/N1CCOCC1)/c1cn(-c2ccccc2)nc1-c1cc2ccccc2o1. The second kappa shape index (κ2) is 7.32. The molecule has 0 N–H and O–H groups in total. The third-order valence-corrected chi connectivity index (χ3v) is 4.77. The van der Waals surface area contributed by atoms with Crippen LogP contribution in [0.3, 0.4) is 0 Å². The number of aromatic nitrogens is 2. The third-order valence-electron chi connectivity index (χ3n) is 4.77. The van der Waals surface area contributed by atoms with Gasteiger partial charge in [0, 0.05) is 17.1 Å². The van der Waals surface area contributed by atoms with E-state index in [1.165, 1.54) is 0 Å². The summed E-state index contributed by atoms with van der Waals surface area (Å²) in [5.74, 6) is 0.735. The number of para-hydroxylation sites is 2.